The van der Waals surface area contributed by atoms with Crippen molar-refractivity contribution in [1.29, 1.82) is 0 Å². The number of carbonyl (C=O) groups excluding carboxylic acids is 1. The highest BCUT2D eigenvalue weighted by Gasteiger charge is 2.20. The van der Waals surface area contributed by atoms with E-state index in [9.17, 15) is 14.7 Å². The van der Waals surface area contributed by atoms with E-state index in [0.717, 1.165) is 0 Å². The van der Waals surface area contributed by atoms with Crippen LogP contribution in [-0.2, 0) is 9.59 Å². The van der Waals surface area contributed by atoms with E-state index in [1.165, 1.54) is 18.4 Å². The Hall–Kier alpha value is -2.82. The van der Waals surface area contributed by atoms with Gasteiger partial charge in [0, 0.05) is 6.08 Å². The smallest absolute Gasteiger partial charge is 0.330 e. The van der Waals surface area contributed by atoms with E-state index < -0.39 is 17.9 Å². The summed E-state index contributed by atoms with van der Waals surface area (Å²) in [6.07, 6.45) is 4.19. The molecule has 2 aromatic rings. The van der Waals surface area contributed by atoms with Gasteiger partial charge in [0.25, 0.3) is 0 Å². The summed E-state index contributed by atoms with van der Waals surface area (Å²) in [5, 5.41) is 11.6. The van der Waals surface area contributed by atoms with Crippen LogP contribution in [0, 0.1) is 0 Å². The number of amides is 1. The van der Waals surface area contributed by atoms with Gasteiger partial charge in [-0.2, -0.15) is 0 Å². The Labute approximate surface area is 115 Å². The first-order chi connectivity index (χ1) is 9.66. The molecule has 0 bridgehead atoms. The molecule has 2 N–H and O–H groups in total. The van der Waals surface area contributed by atoms with E-state index in [-0.39, 0.29) is 0 Å². The van der Waals surface area contributed by atoms with Crippen LogP contribution in [0.1, 0.15) is 17.4 Å². The summed E-state index contributed by atoms with van der Waals surface area (Å²) in [4.78, 5) is 22.9. The number of nitrogens with one attached hydrogen (secondary N) is 1. The van der Waals surface area contributed by atoms with Gasteiger partial charge in [0.1, 0.15) is 5.76 Å². The molecule has 2 rings (SSSR count). The summed E-state index contributed by atoms with van der Waals surface area (Å²) in [7, 11) is 0. The van der Waals surface area contributed by atoms with Crippen LogP contribution >= 0.6 is 0 Å². The van der Waals surface area contributed by atoms with Gasteiger partial charge >= 0.3 is 5.97 Å². The molecule has 0 saturated heterocycles. The summed E-state index contributed by atoms with van der Waals surface area (Å²) >= 11 is 0. The van der Waals surface area contributed by atoms with E-state index in [1.54, 1.807) is 42.5 Å². The standard InChI is InChI=1S/C15H13NO4/c17-13(9-8-12-7-4-10-20-12)16-14(15(18)19)11-5-2-1-3-6-11/h1-10,14H,(H,16,17)(H,18,19)/b9-8+. The first-order valence-electron chi connectivity index (χ1n) is 5.96. The average molecular weight is 271 g/mol. The molecule has 0 radical (unpaired) electrons. The highest BCUT2D eigenvalue weighted by molar-refractivity contribution is 5.94. The number of hydrogen-bond acceptors (Lipinski definition) is 3. The topological polar surface area (TPSA) is 79.5 Å². The second-order valence-corrected chi connectivity index (χ2v) is 4.04. The summed E-state index contributed by atoms with van der Waals surface area (Å²) < 4.78 is 5.04. The molecule has 1 heterocycles. The van der Waals surface area contributed by atoms with Gasteiger partial charge in [0.2, 0.25) is 5.91 Å². The fourth-order valence-electron chi connectivity index (χ4n) is 1.67. The molecule has 1 atom stereocenters. The number of benzene rings is 1. The summed E-state index contributed by atoms with van der Waals surface area (Å²) in [6, 6.07) is 10.8. The Morgan fingerprint density at radius 1 is 1.15 bits per heavy atom. The van der Waals surface area contributed by atoms with Gasteiger partial charge in [-0.25, -0.2) is 4.79 Å². The van der Waals surface area contributed by atoms with Crippen molar-refractivity contribution in [3.63, 3.8) is 0 Å². The summed E-state index contributed by atoms with van der Waals surface area (Å²) in [5.41, 5.74) is 0.514. The minimum absolute atomic E-state index is 0.502. The van der Waals surface area contributed by atoms with Crippen molar-refractivity contribution in [3.05, 3.63) is 66.1 Å². The maximum atomic E-state index is 11.7. The van der Waals surface area contributed by atoms with E-state index in [1.807, 2.05) is 0 Å². The van der Waals surface area contributed by atoms with Gasteiger partial charge in [-0.15, -0.1) is 0 Å². The van der Waals surface area contributed by atoms with Gasteiger partial charge in [0.05, 0.1) is 6.26 Å². The Morgan fingerprint density at radius 2 is 1.90 bits per heavy atom. The average Bonchev–Trinajstić information content (AvgIpc) is 2.96. The normalized spacial score (nSPS) is 12.2. The van der Waals surface area contributed by atoms with Crippen LogP contribution in [0.25, 0.3) is 6.08 Å². The van der Waals surface area contributed by atoms with E-state index in [2.05, 4.69) is 5.32 Å². The van der Waals surface area contributed by atoms with Crippen molar-refractivity contribution >= 4 is 18.0 Å². The third-order valence-electron chi connectivity index (χ3n) is 2.61. The first kappa shape index (κ1) is 13.6. The molecule has 1 aromatic carbocycles. The van der Waals surface area contributed by atoms with Gasteiger partial charge < -0.3 is 14.8 Å². The number of carboxylic acid groups (broad SMARTS) is 1. The monoisotopic (exact) mass is 271 g/mol. The Kier molecular flexibility index (Phi) is 4.34. The third kappa shape index (κ3) is 3.58. The summed E-state index contributed by atoms with van der Waals surface area (Å²) in [5.74, 6) is -1.10. The maximum absolute atomic E-state index is 11.7. The predicted octanol–water partition coefficient (Wildman–Crippen LogP) is 2.23. The number of carbonyl (C=O) groups is 2. The molecular formula is C15H13NO4. The lowest BCUT2D eigenvalue weighted by molar-refractivity contribution is -0.141. The van der Waals surface area contributed by atoms with Crippen molar-refractivity contribution in [2.75, 3.05) is 0 Å². The molecule has 0 spiro atoms. The number of aliphatic carboxylic acids is 1. The lowest BCUT2D eigenvalue weighted by Crippen LogP contribution is -2.32. The molecule has 5 nitrogen and oxygen atoms in total. The van der Waals surface area contributed by atoms with E-state index >= 15 is 0 Å². The largest absolute Gasteiger partial charge is 0.479 e. The maximum Gasteiger partial charge on any atom is 0.330 e. The zero-order valence-electron chi connectivity index (χ0n) is 10.5. The second kappa shape index (κ2) is 6.38. The van der Waals surface area contributed by atoms with Crippen LogP contribution < -0.4 is 5.32 Å². The first-order valence-corrected chi connectivity index (χ1v) is 5.96. The number of rotatable bonds is 5. The number of carboxylic acids is 1. The fourth-order valence-corrected chi connectivity index (χ4v) is 1.67. The Bertz CT molecular complexity index is 602. The number of furan rings is 1. The molecule has 1 aromatic heterocycles. The molecular weight excluding hydrogens is 258 g/mol. The van der Waals surface area contributed by atoms with Gasteiger partial charge in [-0.3, -0.25) is 4.79 Å². The predicted molar refractivity (Wildman–Crippen MR) is 72.7 cm³/mol. The van der Waals surface area contributed by atoms with E-state index in [4.69, 9.17) is 4.42 Å². The molecule has 1 amide bonds. The molecule has 0 aliphatic carbocycles. The highest BCUT2D eigenvalue weighted by atomic mass is 16.4. The highest BCUT2D eigenvalue weighted by Crippen LogP contribution is 2.12. The van der Waals surface area contributed by atoms with Gasteiger partial charge in [0.15, 0.2) is 6.04 Å². The van der Waals surface area contributed by atoms with Crippen LogP contribution in [0.3, 0.4) is 0 Å². The van der Waals surface area contributed by atoms with Crippen molar-refractivity contribution in [2.24, 2.45) is 0 Å². The van der Waals surface area contributed by atoms with Crippen molar-refractivity contribution < 1.29 is 19.1 Å². The molecule has 0 aliphatic heterocycles. The second-order valence-electron chi connectivity index (χ2n) is 4.04. The van der Waals surface area contributed by atoms with Crippen molar-refractivity contribution in [1.82, 2.24) is 5.32 Å². The van der Waals surface area contributed by atoms with Crippen LogP contribution in [0.15, 0.2) is 59.2 Å². The van der Waals surface area contributed by atoms with Crippen LogP contribution in [0.2, 0.25) is 0 Å². The molecule has 102 valence electrons. The van der Waals surface area contributed by atoms with Gasteiger partial charge in [-0.05, 0) is 23.8 Å². The lowest BCUT2D eigenvalue weighted by Gasteiger charge is -2.13. The Morgan fingerprint density at radius 3 is 2.50 bits per heavy atom. The molecule has 0 saturated carbocycles. The molecule has 1 unspecified atom stereocenters. The van der Waals surface area contributed by atoms with Crippen LogP contribution in [0.5, 0.6) is 0 Å². The van der Waals surface area contributed by atoms with Crippen LogP contribution in [-0.4, -0.2) is 17.0 Å². The molecule has 20 heavy (non-hydrogen) atoms. The minimum Gasteiger partial charge on any atom is -0.479 e. The lowest BCUT2D eigenvalue weighted by atomic mass is 10.1. The zero-order valence-corrected chi connectivity index (χ0v) is 10.5. The van der Waals surface area contributed by atoms with Crippen LogP contribution in [0.4, 0.5) is 0 Å². The van der Waals surface area contributed by atoms with Gasteiger partial charge in [-0.1, -0.05) is 30.3 Å². The quantitative estimate of drug-likeness (QED) is 0.817. The zero-order chi connectivity index (χ0) is 14.4. The molecule has 5 heteroatoms. The van der Waals surface area contributed by atoms with Crippen molar-refractivity contribution in [3.8, 4) is 0 Å². The SMILES string of the molecule is O=C(/C=C/c1ccco1)NC(C(=O)O)c1ccccc1. The number of hydrogen-bond donors (Lipinski definition) is 2. The van der Waals surface area contributed by atoms with Crippen molar-refractivity contribution in [2.45, 2.75) is 6.04 Å². The molecule has 0 fully saturated rings. The summed E-state index contributed by atoms with van der Waals surface area (Å²) in [6.45, 7) is 0. The van der Waals surface area contributed by atoms with E-state index in [0.29, 0.717) is 11.3 Å². The minimum atomic E-state index is -1.11. The molecule has 0 aliphatic rings. The Balaban J connectivity index is 2.05. The third-order valence-corrected chi connectivity index (χ3v) is 2.61. The fraction of sp³-hybridized carbons (Fsp3) is 0.0667.